The summed E-state index contributed by atoms with van der Waals surface area (Å²) in [7, 11) is 0.683. The number of hydrogen-bond acceptors (Lipinski definition) is 5. The lowest BCUT2D eigenvalue weighted by Gasteiger charge is -2.19. The lowest BCUT2D eigenvalue weighted by atomic mass is 10.2. The molecule has 0 heterocycles. The molecule has 110 valence electrons. The lowest BCUT2D eigenvalue weighted by Crippen LogP contribution is -2.37. The van der Waals surface area contributed by atoms with Crippen LogP contribution in [0.15, 0.2) is 29.2 Å². The molecule has 0 fully saturated rings. The first-order valence-electron chi connectivity index (χ1n) is 6.47. The molecule has 0 aliphatic carbocycles. The summed E-state index contributed by atoms with van der Waals surface area (Å²) < 4.78 is 24.2. The highest BCUT2D eigenvalue weighted by molar-refractivity contribution is 7.91. The van der Waals surface area contributed by atoms with Crippen LogP contribution in [0, 0.1) is 11.3 Å². The van der Waals surface area contributed by atoms with Crippen LogP contribution in [0.3, 0.4) is 0 Å². The maximum Gasteiger partial charge on any atom is 0.179 e. The van der Waals surface area contributed by atoms with Gasteiger partial charge in [0, 0.05) is 19.1 Å². The Morgan fingerprint density at radius 3 is 2.40 bits per heavy atom. The summed E-state index contributed by atoms with van der Waals surface area (Å²) in [6, 6.07) is 8.33. The zero-order chi connectivity index (χ0) is 15.2. The molecule has 0 radical (unpaired) electrons. The van der Waals surface area contributed by atoms with Gasteiger partial charge in [0.05, 0.1) is 22.3 Å². The smallest absolute Gasteiger partial charge is 0.179 e. The van der Waals surface area contributed by atoms with Crippen LogP contribution in [-0.2, 0) is 9.84 Å². The van der Waals surface area contributed by atoms with Crippen LogP contribution in [0.4, 0.5) is 0 Å². The van der Waals surface area contributed by atoms with E-state index in [4.69, 9.17) is 5.26 Å². The van der Waals surface area contributed by atoms with Gasteiger partial charge in [-0.05, 0) is 45.3 Å². The minimum Gasteiger partial charge on any atom is -0.314 e. The first-order valence-corrected chi connectivity index (χ1v) is 8.12. The minimum absolute atomic E-state index is 0.0546. The molecule has 0 amide bonds. The van der Waals surface area contributed by atoms with Gasteiger partial charge in [-0.25, -0.2) is 8.42 Å². The first kappa shape index (κ1) is 16.6. The summed E-state index contributed by atoms with van der Waals surface area (Å²) in [6.07, 6.45) is 0. The molecule has 1 rings (SSSR count). The molecular weight excluding hydrogens is 274 g/mol. The second-order valence-electron chi connectivity index (χ2n) is 4.97. The fourth-order valence-corrected chi connectivity index (χ4v) is 2.75. The fourth-order valence-electron chi connectivity index (χ4n) is 1.55. The Balaban J connectivity index is 2.51. The third-order valence-electron chi connectivity index (χ3n) is 3.21. The molecule has 20 heavy (non-hydrogen) atoms. The van der Waals surface area contributed by atoms with Crippen LogP contribution in [0.2, 0.25) is 0 Å². The number of nitrogens with one attached hydrogen (secondary N) is 1. The molecule has 1 aromatic rings. The second-order valence-corrected chi connectivity index (χ2v) is 7.08. The molecule has 0 saturated heterocycles. The Morgan fingerprint density at radius 2 is 1.90 bits per heavy atom. The van der Waals surface area contributed by atoms with Gasteiger partial charge >= 0.3 is 0 Å². The van der Waals surface area contributed by atoms with Gasteiger partial charge < -0.3 is 10.2 Å². The number of nitriles is 1. The van der Waals surface area contributed by atoms with Crippen molar-refractivity contribution in [3.63, 3.8) is 0 Å². The van der Waals surface area contributed by atoms with E-state index in [-0.39, 0.29) is 10.6 Å². The SMILES string of the molecule is CC(CNCCS(=O)(=O)c1ccc(C#N)cc1)N(C)C. The summed E-state index contributed by atoms with van der Waals surface area (Å²) in [5.74, 6) is 0.0546. The number of likely N-dealkylation sites (N-methyl/N-ethyl adjacent to an activating group) is 1. The van der Waals surface area contributed by atoms with Crippen molar-refractivity contribution >= 4 is 9.84 Å². The van der Waals surface area contributed by atoms with Crippen LogP contribution in [-0.4, -0.2) is 52.3 Å². The Kier molecular flexibility index (Phi) is 6.14. The van der Waals surface area contributed by atoms with Gasteiger partial charge in [-0.1, -0.05) is 0 Å². The highest BCUT2D eigenvalue weighted by atomic mass is 32.2. The first-order chi connectivity index (χ1) is 9.36. The van der Waals surface area contributed by atoms with Crippen LogP contribution >= 0.6 is 0 Å². The summed E-state index contributed by atoms with van der Waals surface area (Å²) >= 11 is 0. The molecule has 0 aliphatic heterocycles. The number of sulfone groups is 1. The van der Waals surface area contributed by atoms with Gasteiger partial charge in [0.25, 0.3) is 0 Å². The maximum atomic E-state index is 12.1. The van der Waals surface area contributed by atoms with Crippen molar-refractivity contribution in [3.8, 4) is 6.07 Å². The molecule has 1 atom stereocenters. The number of nitrogens with zero attached hydrogens (tertiary/aromatic N) is 2. The van der Waals surface area contributed by atoms with E-state index < -0.39 is 9.84 Å². The van der Waals surface area contributed by atoms with E-state index in [1.165, 1.54) is 24.3 Å². The zero-order valence-corrected chi connectivity index (χ0v) is 12.9. The van der Waals surface area contributed by atoms with Crippen molar-refractivity contribution in [2.24, 2.45) is 0 Å². The maximum absolute atomic E-state index is 12.1. The van der Waals surface area contributed by atoms with Crippen molar-refractivity contribution in [1.82, 2.24) is 10.2 Å². The van der Waals surface area contributed by atoms with Crippen LogP contribution in [0.25, 0.3) is 0 Å². The van der Waals surface area contributed by atoms with Gasteiger partial charge in [0.2, 0.25) is 0 Å². The summed E-state index contributed by atoms with van der Waals surface area (Å²) in [4.78, 5) is 2.33. The highest BCUT2D eigenvalue weighted by Gasteiger charge is 2.14. The quantitative estimate of drug-likeness (QED) is 0.756. The van der Waals surface area contributed by atoms with Crippen molar-refractivity contribution in [1.29, 1.82) is 5.26 Å². The largest absolute Gasteiger partial charge is 0.314 e. The van der Waals surface area contributed by atoms with Gasteiger partial charge in [-0.15, -0.1) is 0 Å². The highest BCUT2D eigenvalue weighted by Crippen LogP contribution is 2.11. The van der Waals surface area contributed by atoms with E-state index in [0.29, 0.717) is 18.2 Å². The molecular formula is C14H21N3O2S. The Hall–Kier alpha value is -1.42. The summed E-state index contributed by atoms with van der Waals surface area (Å²) in [5, 5.41) is 11.8. The van der Waals surface area contributed by atoms with Gasteiger partial charge in [0.1, 0.15) is 0 Å². The Morgan fingerprint density at radius 1 is 1.30 bits per heavy atom. The predicted octanol–water partition coefficient (Wildman–Crippen LogP) is 0.872. The molecule has 0 aliphatic rings. The fraction of sp³-hybridized carbons (Fsp3) is 0.500. The van der Waals surface area contributed by atoms with Crippen LogP contribution in [0.5, 0.6) is 0 Å². The molecule has 0 aromatic heterocycles. The van der Waals surface area contributed by atoms with E-state index in [0.717, 1.165) is 6.54 Å². The molecule has 6 heteroatoms. The van der Waals surface area contributed by atoms with E-state index in [2.05, 4.69) is 17.1 Å². The van der Waals surface area contributed by atoms with Crippen LogP contribution < -0.4 is 5.32 Å². The Bertz CT molecular complexity index is 559. The third-order valence-corrected chi connectivity index (χ3v) is 4.94. The second kappa shape index (κ2) is 7.39. The monoisotopic (exact) mass is 295 g/mol. The average molecular weight is 295 g/mol. The zero-order valence-electron chi connectivity index (χ0n) is 12.1. The van der Waals surface area contributed by atoms with Crippen molar-refractivity contribution in [3.05, 3.63) is 29.8 Å². The van der Waals surface area contributed by atoms with E-state index in [1.54, 1.807) is 0 Å². The van der Waals surface area contributed by atoms with Crippen molar-refractivity contribution < 1.29 is 8.42 Å². The molecule has 5 nitrogen and oxygen atoms in total. The van der Waals surface area contributed by atoms with Crippen molar-refractivity contribution in [2.45, 2.75) is 17.9 Å². The standard InChI is InChI=1S/C14H21N3O2S/c1-12(17(2)3)11-16-8-9-20(18,19)14-6-4-13(10-15)5-7-14/h4-7,12,16H,8-9,11H2,1-3H3. The van der Waals surface area contributed by atoms with E-state index in [9.17, 15) is 8.42 Å². The number of rotatable bonds is 7. The normalized spacial score (nSPS) is 13.2. The van der Waals surface area contributed by atoms with E-state index >= 15 is 0 Å². The van der Waals surface area contributed by atoms with Gasteiger partial charge in [-0.2, -0.15) is 5.26 Å². The molecule has 0 spiro atoms. The average Bonchev–Trinajstić information content (AvgIpc) is 2.43. The number of hydrogen-bond donors (Lipinski definition) is 1. The Labute approximate surface area is 121 Å². The molecule has 0 bridgehead atoms. The molecule has 1 aromatic carbocycles. The molecule has 0 saturated carbocycles. The van der Waals surface area contributed by atoms with Crippen LogP contribution in [0.1, 0.15) is 12.5 Å². The molecule has 1 N–H and O–H groups in total. The predicted molar refractivity (Wildman–Crippen MR) is 79.2 cm³/mol. The van der Waals surface area contributed by atoms with Crippen molar-refractivity contribution in [2.75, 3.05) is 32.9 Å². The van der Waals surface area contributed by atoms with E-state index in [1.807, 2.05) is 20.2 Å². The third kappa shape index (κ3) is 4.93. The minimum atomic E-state index is -3.29. The van der Waals surface area contributed by atoms with Gasteiger partial charge in [0.15, 0.2) is 9.84 Å². The summed E-state index contributed by atoms with van der Waals surface area (Å²) in [5.41, 5.74) is 0.460. The number of benzene rings is 1. The summed E-state index contributed by atoms with van der Waals surface area (Å²) in [6.45, 7) is 3.23. The molecule has 1 unspecified atom stereocenters. The van der Waals surface area contributed by atoms with Gasteiger partial charge in [-0.3, -0.25) is 0 Å². The topological polar surface area (TPSA) is 73.2 Å². The lowest BCUT2D eigenvalue weighted by molar-refractivity contribution is 0.305.